The van der Waals surface area contributed by atoms with Crippen molar-refractivity contribution in [3.05, 3.63) is 54.2 Å². The molecule has 1 aliphatic rings. The normalized spacial score (nSPS) is 13.2. The van der Waals surface area contributed by atoms with Gasteiger partial charge in [0.05, 0.1) is 21.8 Å². The fourth-order valence-corrected chi connectivity index (χ4v) is 3.72. The quantitative estimate of drug-likeness (QED) is 0.716. The highest BCUT2D eigenvalue weighted by molar-refractivity contribution is 9.10. The Morgan fingerprint density at radius 2 is 1.77 bits per heavy atom. The average molecular weight is 403 g/mol. The summed E-state index contributed by atoms with van der Waals surface area (Å²) in [5, 5.41) is 2.62. The van der Waals surface area contributed by atoms with Crippen LogP contribution in [0.15, 0.2) is 27.5 Å². The number of fused-ring (bicyclic) bond motifs is 1. The average Bonchev–Trinajstić information content (AvgIpc) is 2.67. The maximum Gasteiger partial charge on any atom is 0.262 e. The highest BCUT2D eigenvalue weighted by Crippen LogP contribution is 2.34. The number of imide groups is 1. The summed E-state index contributed by atoms with van der Waals surface area (Å²) in [6.07, 6.45) is 0. The van der Waals surface area contributed by atoms with Gasteiger partial charge in [-0.05, 0) is 28.1 Å². The molecular formula is C13H6BrCl2N3O3. The summed E-state index contributed by atoms with van der Waals surface area (Å²) >= 11 is 15.3. The van der Waals surface area contributed by atoms with Crippen molar-refractivity contribution >= 4 is 56.8 Å². The van der Waals surface area contributed by atoms with Gasteiger partial charge in [-0.2, -0.15) is 0 Å². The number of benzene rings is 1. The van der Waals surface area contributed by atoms with Gasteiger partial charge >= 0.3 is 0 Å². The zero-order chi connectivity index (χ0) is 16.2. The van der Waals surface area contributed by atoms with Gasteiger partial charge in [-0.3, -0.25) is 24.3 Å². The van der Waals surface area contributed by atoms with E-state index in [1.807, 2.05) is 0 Å². The van der Waals surface area contributed by atoms with Crippen LogP contribution < -0.4 is 16.6 Å². The smallest absolute Gasteiger partial charge is 0.262 e. The van der Waals surface area contributed by atoms with Crippen LogP contribution in [0.1, 0.15) is 20.7 Å². The van der Waals surface area contributed by atoms with Crippen molar-refractivity contribution < 1.29 is 9.59 Å². The first-order chi connectivity index (χ1) is 10.3. The van der Waals surface area contributed by atoms with Crippen molar-refractivity contribution in [2.45, 2.75) is 0 Å². The predicted octanol–water partition coefficient (Wildman–Crippen LogP) is 2.37. The third-order valence-corrected chi connectivity index (χ3v) is 4.27. The number of amides is 2. The lowest BCUT2D eigenvalue weighted by atomic mass is 10.1. The molecule has 0 bridgehead atoms. The van der Waals surface area contributed by atoms with Gasteiger partial charge in [-0.1, -0.05) is 23.2 Å². The minimum atomic E-state index is -0.660. The maximum atomic E-state index is 12.3. The standard InChI is InChI=1S/C13H6BrCl2N3O3/c14-6-1-4(15)2-7(16)10(6)19-8(20)3-5-9(11(19)17)13(22)18-12(5)21/h1-3H,17H2,(H,18,21,22). The van der Waals surface area contributed by atoms with Crippen LogP contribution in [0.3, 0.4) is 0 Å². The fourth-order valence-electron chi connectivity index (χ4n) is 2.26. The second-order valence-electron chi connectivity index (χ2n) is 4.49. The van der Waals surface area contributed by atoms with E-state index in [9.17, 15) is 14.4 Å². The Balaban J connectivity index is 2.40. The second-order valence-corrected chi connectivity index (χ2v) is 6.19. The zero-order valence-corrected chi connectivity index (χ0v) is 13.7. The van der Waals surface area contributed by atoms with Crippen molar-refractivity contribution in [3.8, 4) is 5.69 Å². The number of nitrogens with two attached hydrogens (primary N) is 1. The first kappa shape index (κ1) is 15.1. The van der Waals surface area contributed by atoms with Crippen LogP contribution in [0.4, 0.5) is 5.82 Å². The number of carbonyl (C=O) groups is 2. The van der Waals surface area contributed by atoms with Crippen molar-refractivity contribution in [3.63, 3.8) is 0 Å². The van der Waals surface area contributed by atoms with Crippen LogP contribution >= 0.6 is 39.1 Å². The first-order valence-electron chi connectivity index (χ1n) is 5.87. The molecule has 0 fully saturated rings. The largest absolute Gasteiger partial charge is 0.384 e. The number of hydrogen-bond donors (Lipinski definition) is 2. The van der Waals surface area contributed by atoms with E-state index in [1.54, 1.807) is 0 Å². The van der Waals surface area contributed by atoms with Crippen molar-refractivity contribution in [1.29, 1.82) is 0 Å². The van der Waals surface area contributed by atoms with E-state index >= 15 is 0 Å². The van der Waals surface area contributed by atoms with E-state index in [0.717, 1.165) is 10.6 Å². The lowest BCUT2D eigenvalue weighted by Gasteiger charge is -2.15. The minimum absolute atomic E-state index is 0.0510. The number of nitrogens with one attached hydrogen (secondary N) is 1. The second kappa shape index (κ2) is 5.12. The number of nitrogens with zero attached hydrogens (tertiary/aromatic N) is 1. The molecule has 2 aromatic rings. The number of aromatic nitrogens is 1. The number of rotatable bonds is 1. The Kier molecular flexibility index (Phi) is 3.51. The van der Waals surface area contributed by atoms with Crippen molar-refractivity contribution in [2.24, 2.45) is 0 Å². The van der Waals surface area contributed by atoms with Crippen LogP contribution in [-0.2, 0) is 0 Å². The Morgan fingerprint density at radius 1 is 1.09 bits per heavy atom. The summed E-state index contributed by atoms with van der Waals surface area (Å²) in [5.74, 6) is -1.49. The van der Waals surface area contributed by atoms with Gasteiger partial charge in [0, 0.05) is 15.6 Å². The molecule has 0 radical (unpaired) electrons. The third kappa shape index (κ3) is 2.13. The van der Waals surface area contributed by atoms with E-state index < -0.39 is 17.4 Å². The molecule has 0 saturated carbocycles. The van der Waals surface area contributed by atoms with Crippen LogP contribution in [0.25, 0.3) is 5.69 Å². The van der Waals surface area contributed by atoms with Crippen LogP contribution in [0.2, 0.25) is 10.0 Å². The maximum absolute atomic E-state index is 12.3. The molecule has 0 atom stereocenters. The predicted molar refractivity (Wildman–Crippen MR) is 86.0 cm³/mol. The lowest BCUT2D eigenvalue weighted by molar-refractivity contribution is 0.0880. The molecule has 0 spiro atoms. The Hall–Kier alpha value is -1.83. The monoisotopic (exact) mass is 401 g/mol. The van der Waals surface area contributed by atoms with Gasteiger partial charge in [0.2, 0.25) is 0 Å². The molecule has 112 valence electrons. The van der Waals surface area contributed by atoms with E-state index in [-0.39, 0.29) is 27.7 Å². The number of carbonyl (C=O) groups excluding carboxylic acids is 2. The topological polar surface area (TPSA) is 94.2 Å². The van der Waals surface area contributed by atoms with Gasteiger partial charge in [-0.15, -0.1) is 0 Å². The van der Waals surface area contributed by atoms with Gasteiger partial charge in [-0.25, -0.2) is 0 Å². The molecule has 2 heterocycles. The van der Waals surface area contributed by atoms with E-state index in [0.29, 0.717) is 9.50 Å². The fraction of sp³-hybridized carbons (Fsp3) is 0. The molecule has 22 heavy (non-hydrogen) atoms. The SMILES string of the molecule is Nc1c2c(cc(=O)n1-c1c(Cl)cc(Cl)cc1Br)C(=O)NC2=O. The Morgan fingerprint density at radius 3 is 2.41 bits per heavy atom. The molecule has 6 nitrogen and oxygen atoms in total. The molecule has 1 aliphatic heterocycles. The zero-order valence-electron chi connectivity index (χ0n) is 10.6. The molecule has 3 N–H and O–H groups in total. The number of nitrogen functional groups attached to an aromatic ring is 1. The van der Waals surface area contributed by atoms with E-state index in [4.69, 9.17) is 28.9 Å². The molecule has 1 aromatic carbocycles. The van der Waals surface area contributed by atoms with Gasteiger partial charge < -0.3 is 5.73 Å². The van der Waals surface area contributed by atoms with Crippen LogP contribution in [0, 0.1) is 0 Å². The molecule has 2 amide bonds. The van der Waals surface area contributed by atoms with Crippen LogP contribution in [0.5, 0.6) is 0 Å². The number of anilines is 1. The highest BCUT2D eigenvalue weighted by Gasteiger charge is 2.32. The molecule has 0 unspecified atom stereocenters. The molecule has 1 aromatic heterocycles. The van der Waals surface area contributed by atoms with E-state index in [2.05, 4.69) is 21.2 Å². The van der Waals surface area contributed by atoms with E-state index in [1.165, 1.54) is 12.1 Å². The third-order valence-electron chi connectivity index (χ3n) is 3.16. The summed E-state index contributed by atoms with van der Waals surface area (Å²) in [7, 11) is 0. The summed E-state index contributed by atoms with van der Waals surface area (Å²) in [4.78, 5) is 35.8. The van der Waals surface area contributed by atoms with Gasteiger partial charge in [0.25, 0.3) is 17.4 Å². The molecule has 3 rings (SSSR count). The summed E-state index contributed by atoms with van der Waals surface area (Å²) < 4.78 is 1.48. The minimum Gasteiger partial charge on any atom is -0.384 e. The molecular weight excluding hydrogens is 397 g/mol. The Bertz CT molecular complexity index is 900. The van der Waals surface area contributed by atoms with Crippen molar-refractivity contribution in [2.75, 3.05) is 5.73 Å². The first-order valence-corrected chi connectivity index (χ1v) is 7.42. The Labute approximate surface area is 141 Å². The summed E-state index contributed by atoms with van der Waals surface area (Å²) in [6, 6.07) is 4.02. The molecule has 9 heteroatoms. The van der Waals surface area contributed by atoms with Crippen molar-refractivity contribution in [1.82, 2.24) is 9.88 Å². The number of hydrogen-bond acceptors (Lipinski definition) is 4. The summed E-state index contributed by atoms with van der Waals surface area (Å²) in [6.45, 7) is 0. The highest BCUT2D eigenvalue weighted by atomic mass is 79.9. The molecule has 0 saturated heterocycles. The lowest BCUT2D eigenvalue weighted by Crippen LogP contribution is -2.24. The van der Waals surface area contributed by atoms with Gasteiger partial charge in [0.15, 0.2) is 0 Å². The van der Waals surface area contributed by atoms with Gasteiger partial charge in [0.1, 0.15) is 5.82 Å². The number of halogens is 3. The van der Waals surface area contributed by atoms with Crippen LogP contribution in [-0.4, -0.2) is 16.4 Å². The summed E-state index contributed by atoms with van der Waals surface area (Å²) in [5.41, 5.74) is 5.48. The molecule has 0 aliphatic carbocycles. The number of pyridine rings is 1.